The summed E-state index contributed by atoms with van der Waals surface area (Å²) in [6, 6.07) is 4.97. The summed E-state index contributed by atoms with van der Waals surface area (Å²) in [4.78, 5) is 13.4. The highest BCUT2D eigenvalue weighted by Crippen LogP contribution is 2.15. The number of benzene rings is 1. The lowest BCUT2D eigenvalue weighted by Gasteiger charge is -2.23. The van der Waals surface area contributed by atoms with Crippen molar-refractivity contribution >= 4 is 11.6 Å². The van der Waals surface area contributed by atoms with Crippen LogP contribution in [0, 0.1) is 18.2 Å². The second-order valence-corrected chi connectivity index (χ2v) is 3.57. The molecule has 17 heavy (non-hydrogen) atoms. The minimum Gasteiger partial charge on any atom is -0.319 e. The molecule has 0 saturated carbocycles. The van der Waals surface area contributed by atoms with Crippen molar-refractivity contribution in [1.29, 1.82) is 0 Å². The molecule has 0 aliphatic carbocycles. The van der Waals surface area contributed by atoms with E-state index in [0.29, 0.717) is 12.2 Å². The standard InChI is InChI=1S/C13H15FN2O/c1-3-5-12(15)13(17)16(4-2)11-8-6-10(14)7-9-11/h1,6-9,12H,4-5,15H2,2H3. The van der Waals surface area contributed by atoms with Crippen LogP contribution in [0.4, 0.5) is 10.1 Å². The summed E-state index contributed by atoms with van der Waals surface area (Å²) < 4.78 is 12.8. The first-order valence-electron chi connectivity index (χ1n) is 5.36. The van der Waals surface area contributed by atoms with Crippen molar-refractivity contribution < 1.29 is 9.18 Å². The summed E-state index contributed by atoms with van der Waals surface area (Å²) in [5.41, 5.74) is 6.28. The van der Waals surface area contributed by atoms with E-state index in [1.165, 1.54) is 17.0 Å². The Morgan fingerprint density at radius 3 is 2.59 bits per heavy atom. The van der Waals surface area contributed by atoms with Crippen molar-refractivity contribution in [3.63, 3.8) is 0 Å². The molecule has 4 heteroatoms. The van der Waals surface area contributed by atoms with Gasteiger partial charge in [0.05, 0.1) is 6.04 Å². The van der Waals surface area contributed by atoms with Crippen LogP contribution in [0.15, 0.2) is 24.3 Å². The molecular weight excluding hydrogens is 219 g/mol. The minimum absolute atomic E-state index is 0.191. The molecule has 0 saturated heterocycles. The molecular formula is C13H15FN2O. The third kappa shape index (κ3) is 3.30. The highest BCUT2D eigenvalue weighted by atomic mass is 19.1. The van der Waals surface area contributed by atoms with Crippen molar-refractivity contribution in [2.24, 2.45) is 5.73 Å². The molecule has 0 aliphatic heterocycles. The van der Waals surface area contributed by atoms with Gasteiger partial charge in [0.2, 0.25) is 5.91 Å². The van der Waals surface area contributed by atoms with Gasteiger partial charge in [-0.25, -0.2) is 4.39 Å². The molecule has 2 N–H and O–H groups in total. The van der Waals surface area contributed by atoms with E-state index in [-0.39, 0.29) is 18.1 Å². The van der Waals surface area contributed by atoms with Gasteiger partial charge in [0.25, 0.3) is 0 Å². The molecule has 0 bridgehead atoms. The zero-order valence-electron chi connectivity index (χ0n) is 9.69. The van der Waals surface area contributed by atoms with Crippen LogP contribution in [0.1, 0.15) is 13.3 Å². The van der Waals surface area contributed by atoms with Crippen LogP contribution in [0.25, 0.3) is 0 Å². The molecule has 1 amide bonds. The summed E-state index contributed by atoms with van der Waals surface area (Å²) in [6.45, 7) is 2.28. The minimum atomic E-state index is -0.718. The van der Waals surface area contributed by atoms with E-state index >= 15 is 0 Å². The summed E-state index contributed by atoms with van der Waals surface area (Å²) in [7, 11) is 0. The number of nitrogens with zero attached hydrogens (tertiary/aromatic N) is 1. The van der Waals surface area contributed by atoms with Crippen LogP contribution in [0.5, 0.6) is 0 Å². The second-order valence-electron chi connectivity index (χ2n) is 3.57. The number of halogens is 1. The zero-order chi connectivity index (χ0) is 12.8. The quantitative estimate of drug-likeness (QED) is 0.803. The van der Waals surface area contributed by atoms with Crippen LogP contribution >= 0.6 is 0 Å². The third-order valence-electron chi connectivity index (χ3n) is 2.38. The number of carbonyl (C=O) groups is 1. The fourth-order valence-corrected chi connectivity index (χ4v) is 1.50. The second kappa shape index (κ2) is 6.02. The lowest BCUT2D eigenvalue weighted by molar-refractivity contribution is -0.119. The Morgan fingerprint density at radius 1 is 1.53 bits per heavy atom. The van der Waals surface area contributed by atoms with E-state index < -0.39 is 6.04 Å². The summed E-state index contributed by atoms with van der Waals surface area (Å²) in [6.07, 6.45) is 5.31. The van der Waals surface area contributed by atoms with Crippen LogP contribution in [0.2, 0.25) is 0 Å². The molecule has 0 radical (unpaired) electrons. The molecule has 1 aromatic rings. The van der Waals surface area contributed by atoms with E-state index in [9.17, 15) is 9.18 Å². The fraction of sp³-hybridized carbons (Fsp3) is 0.308. The molecule has 0 aliphatic rings. The Hall–Kier alpha value is -1.86. The van der Waals surface area contributed by atoms with E-state index in [1.807, 2.05) is 6.92 Å². The first-order valence-corrected chi connectivity index (χ1v) is 5.36. The maximum Gasteiger partial charge on any atom is 0.244 e. The Morgan fingerprint density at radius 2 is 2.12 bits per heavy atom. The van der Waals surface area contributed by atoms with E-state index in [0.717, 1.165) is 0 Å². The maximum absolute atomic E-state index is 12.8. The SMILES string of the molecule is C#CCC(N)C(=O)N(CC)c1ccc(F)cc1. The smallest absolute Gasteiger partial charge is 0.244 e. The van der Waals surface area contributed by atoms with Crippen molar-refractivity contribution in [2.45, 2.75) is 19.4 Å². The van der Waals surface area contributed by atoms with Crippen LogP contribution in [-0.2, 0) is 4.79 Å². The maximum atomic E-state index is 12.8. The highest BCUT2D eigenvalue weighted by Gasteiger charge is 2.20. The summed E-state index contributed by atoms with van der Waals surface area (Å²) in [5.74, 6) is 1.76. The first kappa shape index (κ1) is 13.2. The normalized spacial score (nSPS) is 11.6. The number of amides is 1. The topological polar surface area (TPSA) is 46.3 Å². The van der Waals surface area contributed by atoms with Gasteiger partial charge in [-0.1, -0.05) is 0 Å². The molecule has 1 unspecified atom stereocenters. The predicted octanol–water partition coefficient (Wildman–Crippen LogP) is 1.53. The molecule has 0 aromatic heterocycles. The molecule has 3 nitrogen and oxygen atoms in total. The number of rotatable bonds is 4. The van der Waals surface area contributed by atoms with Gasteiger partial charge in [0.15, 0.2) is 0 Å². The molecule has 0 fully saturated rings. The van der Waals surface area contributed by atoms with E-state index in [1.54, 1.807) is 12.1 Å². The Labute approximate surface area is 100 Å². The number of anilines is 1. The predicted molar refractivity (Wildman–Crippen MR) is 65.9 cm³/mol. The fourth-order valence-electron chi connectivity index (χ4n) is 1.50. The molecule has 1 rings (SSSR count). The van der Waals surface area contributed by atoms with Gasteiger partial charge < -0.3 is 10.6 Å². The highest BCUT2D eigenvalue weighted by molar-refractivity contribution is 5.97. The summed E-state index contributed by atoms with van der Waals surface area (Å²) >= 11 is 0. The number of nitrogens with two attached hydrogens (primary N) is 1. The van der Waals surface area contributed by atoms with Crippen LogP contribution in [0.3, 0.4) is 0 Å². The lowest BCUT2D eigenvalue weighted by atomic mass is 10.2. The van der Waals surface area contributed by atoms with Crippen molar-refractivity contribution in [3.8, 4) is 12.3 Å². The largest absolute Gasteiger partial charge is 0.319 e. The van der Waals surface area contributed by atoms with Crippen LogP contribution in [-0.4, -0.2) is 18.5 Å². The Balaban J connectivity index is 2.88. The van der Waals surface area contributed by atoms with Gasteiger partial charge in [-0.05, 0) is 31.2 Å². The van der Waals surface area contributed by atoms with Gasteiger partial charge >= 0.3 is 0 Å². The molecule has 0 spiro atoms. The van der Waals surface area contributed by atoms with E-state index in [2.05, 4.69) is 5.92 Å². The average Bonchev–Trinajstić information content (AvgIpc) is 2.32. The van der Waals surface area contributed by atoms with Gasteiger partial charge in [-0.15, -0.1) is 12.3 Å². The molecule has 90 valence electrons. The number of hydrogen-bond donors (Lipinski definition) is 1. The van der Waals surface area contributed by atoms with E-state index in [4.69, 9.17) is 12.2 Å². The van der Waals surface area contributed by atoms with Gasteiger partial charge in [-0.3, -0.25) is 4.79 Å². The van der Waals surface area contributed by atoms with Crippen molar-refractivity contribution in [3.05, 3.63) is 30.1 Å². The third-order valence-corrected chi connectivity index (χ3v) is 2.38. The lowest BCUT2D eigenvalue weighted by Crippen LogP contribution is -2.43. The number of carbonyl (C=O) groups excluding carboxylic acids is 1. The molecule has 0 heterocycles. The van der Waals surface area contributed by atoms with Crippen molar-refractivity contribution in [2.75, 3.05) is 11.4 Å². The Bertz CT molecular complexity index is 422. The van der Waals surface area contributed by atoms with Gasteiger partial charge in [-0.2, -0.15) is 0 Å². The summed E-state index contributed by atoms with van der Waals surface area (Å²) in [5, 5.41) is 0. The number of likely N-dealkylation sites (N-methyl/N-ethyl adjacent to an activating group) is 1. The van der Waals surface area contributed by atoms with Gasteiger partial charge in [0, 0.05) is 18.7 Å². The average molecular weight is 234 g/mol. The zero-order valence-corrected chi connectivity index (χ0v) is 9.69. The Kier molecular flexibility index (Phi) is 4.68. The first-order chi connectivity index (χ1) is 8.10. The number of hydrogen-bond acceptors (Lipinski definition) is 2. The van der Waals surface area contributed by atoms with Crippen molar-refractivity contribution in [1.82, 2.24) is 0 Å². The monoisotopic (exact) mass is 234 g/mol. The number of terminal acetylenes is 1. The molecule has 1 atom stereocenters. The van der Waals surface area contributed by atoms with Gasteiger partial charge in [0.1, 0.15) is 5.82 Å². The molecule has 1 aromatic carbocycles. The van der Waals surface area contributed by atoms with Crippen LogP contribution < -0.4 is 10.6 Å².